The van der Waals surface area contributed by atoms with E-state index in [9.17, 15) is 13.2 Å². The molecule has 28 heavy (non-hydrogen) atoms. The maximum absolute atomic E-state index is 12.8. The van der Waals surface area contributed by atoms with E-state index in [1.807, 2.05) is 15.9 Å². The molecule has 2 aliphatic rings. The van der Waals surface area contributed by atoms with Crippen molar-refractivity contribution in [3.8, 4) is 6.07 Å². The molecule has 1 aromatic rings. The highest BCUT2D eigenvalue weighted by Gasteiger charge is 2.31. The summed E-state index contributed by atoms with van der Waals surface area (Å²) in [7, 11) is -3.57. The maximum Gasteiger partial charge on any atom is 0.243 e. The van der Waals surface area contributed by atoms with Gasteiger partial charge in [-0.3, -0.25) is 9.69 Å². The molecular formula is C20H28N4O3S. The van der Waals surface area contributed by atoms with E-state index in [1.54, 1.807) is 0 Å². The van der Waals surface area contributed by atoms with Crippen molar-refractivity contribution in [1.82, 2.24) is 14.1 Å². The van der Waals surface area contributed by atoms with E-state index in [2.05, 4.69) is 13.8 Å². The number of nitriles is 1. The lowest BCUT2D eigenvalue weighted by Gasteiger charge is -2.38. The minimum Gasteiger partial charge on any atom is -0.341 e. The van der Waals surface area contributed by atoms with Gasteiger partial charge in [0.25, 0.3) is 0 Å². The maximum atomic E-state index is 12.8. The Balaban J connectivity index is 1.55. The lowest BCUT2D eigenvalue weighted by atomic mass is 9.92. The molecule has 0 aromatic heterocycles. The van der Waals surface area contributed by atoms with Gasteiger partial charge in [0.15, 0.2) is 0 Å². The van der Waals surface area contributed by atoms with E-state index in [4.69, 9.17) is 5.26 Å². The predicted octanol–water partition coefficient (Wildman–Crippen LogP) is 1.37. The molecule has 0 radical (unpaired) electrons. The number of piperidine rings is 1. The van der Waals surface area contributed by atoms with Crippen LogP contribution in [0.25, 0.3) is 0 Å². The van der Waals surface area contributed by atoms with Crippen LogP contribution in [0.3, 0.4) is 0 Å². The van der Waals surface area contributed by atoms with Crippen molar-refractivity contribution in [3.05, 3.63) is 29.8 Å². The minimum absolute atomic E-state index is 0.141. The Morgan fingerprint density at radius 1 is 1.07 bits per heavy atom. The summed E-state index contributed by atoms with van der Waals surface area (Å²) >= 11 is 0. The molecule has 1 amide bonds. The number of carbonyl (C=O) groups excluding carboxylic acids is 1. The average Bonchev–Trinajstić information content (AvgIpc) is 2.67. The van der Waals surface area contributed by atoms with Crippen LogP contribution in [-0.2, 0) is 14.8 Å². The van der Waals surface area contributed by atoms with E-state index in [1.165, 1.54) is 28.6 Å². The Hall–Kier alpha value is -1.95. The fraction of sp³-hybridized carbons (Fsp3) is 0.600. The zero-order valence-electron chi connectivity index (χ0n) is 16.5. The van der Waals surface area contributed by atoms with Crippen LogP contribution in [-0.4, -0.2) is 74.2 Å². The van der Waals surface area contributed by atoms with Gasteiger partial charge in [-0.05, 0) is 42.5 Å². The quantitative estimate of drug-likeness (QED) is 0.757. The van der Waals surface area contributed by atoms with Gasteiger partial charge in [0, 0.05) is 39.3 Å². The molecule has 2 heterocycles. The van der Waals surface area contributed by atoms with Crippen LogP contribution in [0.1, 0.15) is 25.8 Å². The monoisotopic (exact) mass is 404 g/mol. The molecule has 2 aliphatic heterocycles. The highest BCUT2D eigenvalue weighted by Crippen LogP contribution is 2.22. The molecule has 0 spiro atoms. The molecule has 0 N–H and O–H groups in total. The van der Waals surface area contributed by atoms with Crippen molar-refractivity contribution in [1.29, 1.82) is 5.26 Å². The van der Waals surface area contributed by atoms with Gasteiger partial charge >= 0.3 is 0 Å². The van der Waals surface area contributed by atoms with Crippen molar-refractivity contribution in [2.45, 2.75) is 25.2 Å². The molecule has 3 rings (SSSR count). The number of piperazine rings is 1. The Morgan fingerprint density at radius 3 is 2.18 bits per heavy atom. The lowest BCUT2D eigenvalue weighted by molar-refractivity contribution is -0.135. The summed E-state index contributed by atoms with van der Waals surface area (Å²) in [6.45, 7) is 8.16. The third-order valence-corrected chi connectivity index (χ3v) is 7.45. The summed E-state index contributed by atoms with van der Waals surface area (Å²) in [5, 5.41) is 8.86. The van der Waals surface area contributed by atoms with Crippen molar-refractivity contribution in [2.75, 3.05) is 45.8 Å². The number of likely N-dealkylation sites (tertiary alicyclic amines) is 1. The zero-order chi connectivity index (χ0) is 20.3. The second-order valence-corrected chi connectivity index (χ2v) is 10.00. The van der Waals surface area contributed by atoms with Gasteiger partial charge in [0.2, 0.25) is 15.9 Å². The molecule has 2 saturated heterocycles. The number of carbonyl (C=O) groups is 1. The Morgan fingerprint density at radius 2 is 1.64 bits per heavy atom. The predicted molar refractivity (Wildman–Crippen MR) is 106 cm³/mol. The average molecular weight is 405 g/mol. The summed E-state index contributed by atoms with van der Waals surface area (Å²) in [4.78, 5) is 16.8. The van der Waals surface area contributed by atoms with Crippen molar-refractivity contribution >= 4 is 15.9 Å². The van der Waals surface area contributed by atoms with Gasteiger partial charge in [0.1, 0.15) is 0 Å². The summed E-state index contributed by atoms with van der Waals surface area (Å²) in [6, 6.07) is 7.97. The number of rotatable bonds is 4. The summed E-state index contributed by atoms with van der Waals surface area (Å²) in [5.41, 5.74) is 0.434. The van der Waals surface area contributed by atoms with Crippen molar-refractivity contribution in [3.63, 3.8) is 0 Å². The van der Waals surface area contributed by atoms with Crippen LogP contribution < -0.4 is 0 Å². The van der Waals surface area contributed by atoms with Gasteiger partial charge in [0.05, 0.1) is 23.1 Å². The van der Waals surface area contributed by atoms with E-state index >= 15 is 0 Å². The zero-order valence-corrected chi connectivity index (χ0v) is 17.4. The van der Waals surface area contributed by atoms with Gasteiger partial charge in [-0.15, -0.1) is 0 Å². The molecule has 152 valence electrons. The fourth-order valence-corrected chi connectivity index (χ4v) is 5.56. The molecule has 7 nitrogen and oxygen atoms in total. The first-order valence-corrected chi connectivity index (χ1v) is 11.2. The van der Waals surface area contributed by atoms with E-state index < -0.39 is 10.0 Å². The molecule has 8 heteroatoms. The Labute approximate surface area is 167 Å². The first-order valence-electron chi connectivity index (χ1n) is 9.80. The number of amides is 1. The summed E-state index contributed by atoms with van der Waals surface area (Å²) < 4.78 is 27.0. The van der Waals surface area contributed by atoms with E-state index in [-0.39, 0.29) is 10.8 Å². The number of nitrogens with zero attached hydrogens (tertiary/aromatic N) is 4. The molecule has 0 saturated carbocycles. The smallest absolute Gasteiger partial charge is 0.243 e. The second kappa shape index (κ2) is 8.60. The SMILES string of the molecule is CC1CC(C)CN(C(=O)CN2CCN(S(=O)(=O)c3ccc(C#N)cc3)CC2)C1. The van der Waals surface area contributed by atoms with Crippen LogP contribution in [0, 0.1) is 23.2 Å². The van der Waals surface area contributed by atoms with Crippen LogP contribution >= 0.6 is 0 Å². The standard InChI is InChI=1S/C20H28N4O3S/c1-16-11-17(2)14-23(13-16)20(25)15-22-7-9-24(10-8-22)28(26,27)19-5-3-18(12-21)4-6-19/h3-6,16-17H,7-11,13-15H2,1-2H3. The van der Waals surface area contributed by atoms with Crippen LogP contribution in [0.15, 0.2) is 29.2 Å². The molecular weight excluding hydrogens is 376 g/mol. The van der Waals surface area contributed by atoms with E-state index in [0.717, 1.165) is 19.5 Å². The first-order chi connectivity index (χ1) is 13.3. The Kier molecular flexibility index (Phi) is 6.38. The summed E-state index contributed by atoms with van der Waals surface area (Å²) in [5.74, 6) is 1.20. The van der Waals surface area contributed by atoms with Gasteiger partial charge < -0.3 is 4.90 Å². The minimum atomic E-state index is -3.57. The fourth-order valence-electron chi connectivity index (χ4n) is 4.14. The molecule has 1 aromatic carbocycles. The van der Waals surface area contributed by atoms with Crippen molar-refractivity contribution < 1.29 is 13.2 Å². The first kappa shape index (κ1) is 20.8. The van der Waals surface area contributed by atoms with Crippen molar-refractivity contribution in [2.24, 2.45) is 11.8 Å². The highest BCUT2D eigenvalue weighted by atomic mass is 32.2. The third-order valence-electron chi connectivity index (χ3n) is 5.53. The highest BCUT2D eigenvalue weighted by molar-refractivity contribution is 7.89. The number of hydrogen-bond acceptors (Lipinski definition) is 5. The Bertz CT molecular complexity index is 829. The third kappa shape index (κ3) is 4.72. The van der Waals surface area contributed by atoms with E-state index in [0.29, 0.717) is 50.1 Å². The molecule has 2 unspecified atom stereocenters. The molecule has 0 aliphatic carbocycles. The second-order valence-electron chi connectivity index (χ2n) is 8.06. The lowest BCUT2D eigenvalue weighted by Crippen LogP contribution is -2.52. The van der Waals surface area contributed by atoms with Crippen LogP contribution in [0.2, 0.25) is 0 Å². The number of hydrogen-bond donors (Lipinski definition) is 0. The normalized spacial score (nSPS) is 24.7. The number of benzene rings is 1. The largest absolute Gasteiger partial charge is 0.341 e. The molecule has 0 bridgehead atoms. The topological polar surface area (TPSA) is 84.7 Å². The van der Waals surface area contributed by atoms with Gasteiger partial charge in [-0.1, -0.05) is 13.8 Å². The van der Waals surface area contributed by atoms with Crippen LogP contribution in [0.5, 0.6) is 0 Å². The summed E-state index contributed by atoms with van der Waals surface area (Å²) in [6.07, 6.45) is 1.16. The molecule has 2 fully saturated rings. The van der Waals surface area contributed by atoms with Crippen LogP contribution in [0.4, 0.5) is 0 Å². The van der Waals surface area contributed by atoms with Gasteiger partial charge in [-0.2, -0.15) is 9.57 Å². The van der Waals surface area contributed by atoms with Gasteiger partial charge in [-0.25, -0.2) is 8.42 Å². The molecule has 2 atom stereocenters. The number of sulfonamides is 1.